The Morgan fingerprint density at radius 2 is 2.10 bits per heavy atom. The van der Waals surface area contributed by atoms with Gasteiger partial charge in [0.25, 0.3) is 10.0 Å². The predicted molar refractivity (Wildman–Crippen MR) is 90.0 cm³/mol. The maximum Gasteiger partial charge on any atom is 0.250 e. The lowest BCUT2D eigenvalue weighted by Crippen LogP contribution is -2.26. The molecule has 1 unspecified atom stereocenters. The predicted octanol–water partition coefficient (Wildman–Crippen LogP) is 3.27. The number of benzene rings is 1. The molecule has 1 heterocycles. The third kappa shape index (κ3) is 4.37. The van der Waals surface area contributed by atoms with Gasteiger partial charge >= 0.3 is 0 Å². The van der Waals surface area contributed by atoms with E-state index in [4.69, 9.17) is 0 Å². The lowest BCUT2D eigenvalue weighted by atomic mass is 10.1. The van der Waals surface area contributed by atoms with Crippen LogP contribution in [0, 0.1) is 0 Å². The zero-order valence-corrected chi connectivity index (χ0v) is 15.0. The van der Waals surface area contributed by atoms with Gasteiger partial charge in [0.2, 0.25) is 0 Å². The first-order valence-electron chi connectivity index (χ1n) is 6.42. The number of rotatable bonds is 6. The fraction of sp³-hybridized carbons (Fsp3) is 0.286. The Hall–Kier alpha value is -0.730. The monoisotopic (exact) mass is 388 g/mol. The Labute approximate surface area is 137 Å². The molecule has 0 fully saturated rings. The molecule has 0 amide bonds. The van der Waals surface area contributed by atoms with Crippen LogP contribution >= 0.6 is 27.3 Å². The van der Waals surface area contributed by atoms with Crippen molar-refractivity contribution in [3.8, 4) is 0 Å². The Morgan fingerprint density at radius 3 is 2.76 bits per heavy atom. The summed E-state index contributed by atoms with van der Waals surface area (Å²) in [5.74, 6) is 0. The first kappa shape index (κ1) is 16.6. The van der Waals surface area contributed by atoms with E-state index in [9.17, 15) is 8.42 Å². The number of nitrogens with one attached hydrogen (secondary N) is 2. The highest BCUT2D eigenvalue weighted by Gasteiger charge is 2.20. The van der Waals surface area contributed by atoms with Crippen LogP contribution in [0.4, 0.5) is 0 Å². The van der Waals surface area contributed by atoms with Gasteiger partial charge < -0.3 is 5.32 Å². The fourth-order valence-electron chi connectivity index (χ4n) is 1.93. The Balaban J connectivity index is 2.16. The minimum absolute atomic E-state index is 0.289. The molecule has 114 valence electrons. The van der Waals surface area contributed by atoms with E-state index < -0.39 is 10.0 Å². The summed E-state index contributed by atoms with van der Waals surface area (Å²) < 4.78 is 28.8. The van der Waals surface area contributed by atoms with Gasteiger partial charge in [-0.05, 0) is 48.7 Å². The molecule has 4 nitrogen and oxygen atoms in total. The third-order valence-electron chi connectivity index (χ3n) is 2.96. The van der Waals surface area contributed by atoms with Gasteiger partial charge in [0.15, 0.2) is 0 Å². The maximum absolute atomic E-state index is 12.4. The number of sulfonamides is 1. The molecule has 2 rings (SSSR count). The number of halogens is 1. The van der Waals surface area contributed by atoms with Crippen molar-refractivity contribution in [3.05, 3.63) is 51.3 Å². The van der Waals surface area contributed by atoms with E-state index in [0.29, 0.717) is 10.8 Å². The van der Waals surface area contributed by atoms with E-state index in [2.05, 4.69) is 26.0 Å². The Bertz CT molecular complexity index is 713. The molecule has 21 heavy (non-hydrogen) atoms. The molecule has 0 aliphatic heterocycles. The van der Waals surface area contributed by atoms with E-state index in [-0.39, 0.29) is 6.04 Å². The number of hydrogen-bond acceptors (Lipinski definition) is 4. The summed E-state index contributed by atoms with van der Waals surface area (Å²) in [4.78, 5) is 0. The first-order valence-corrected chi connectivity index (χ1v) is 9.58. The summed E-state index contributed by atoms with van der Waals surface area (Å²) in [6.07, 6.45) is 0. The van der Waals surface area contributed by atoms with Crippen LogP contribution in [0.25, 0.3) is 0 Å². The molecule has 0 spiro atoms. The molecule has 2 aromatic rings. The smallest absolute Gasteiger partial charge is 0.250 e. The highest BCUT2D eigenvalue weighted by Crippen LogP contribution is 2.24. The molecular weight excluding hydrogens is 372 g/mol. The summed E-state index contributed by atoms with van der Waals surface area (Å²) in [6.45, 7) is 2.49. The van der Waals surface area contributed by atoms with Crippen LogP contribution in [-0.4, -0.2) is 15.5 Å². The minimum atomic E-state index is -3.49. The number of hydrogen-bond donors (Lipinski definition) is 2. The van der Waals surface area contributed by atoms with E-state index >= 15 is 0 Å². The van der Waals surface area contributed by atoms with Gasteiger partial charge in [-0.15, -0.1) is 11.3 Å². The Morgan fingerprint density at radius 1 is 1.33 bits per heavy atom. The summed E-state index contributed by atoms with van der Waals surface area (Å²) in [6, 6.07) is 9.03. The summed E-state index contributed by atoms with van der Waals surface area (Å²) in [7, 11) is -1.66. The van der Waals surface area contributed by atoms with Crippen molar-refractivity contribution < 1.29 is 8.42 Å². The van der Waals surface area contributed by atoms with Crippen LogP contribution < -0.4 is 10.0 Å². The zero-order valence-electron chi connectivity index (χ0n) is 11.8. The van der Waals surface area contributed by atoms with Crippen LogP contribution in [0.5, 0.6) is 0 Å². The van der Waals surface area contributed by atoms with Gasteiger partial charge in [-0.25, -0.2) is 13.1 Å². The first-order chi connectivity index (χ1) is 9.92. The lowest BCUT2D eigenvalue weighted by Gasteiger charge is -2.14. The topological polar surface area (TPSA) is 58.2 Å². The van der Waals surface area contributed by atoms with Gasteiger partial charge in [0, 0.05) is 17.1 Å². The van der Waals surface area contributed by atoms with Crippen molar-refractivity contribution in [3.63, 3.8) is 0 Å². The summed E-state index contributed by atoms with van der Waals surface area (Å²) in [5, 5.41) is 4.86. The molecule has 7 heteroatoms. The van der Waals surface area contributed by atoms with Crippen molar-refractivity contribution in [2.45, 2.75) is 23.7 Å². The highest BCUT2D eigenvalue weighted by atomic mass is 79.9. The average Bonchev–Trinajstić information content (AvgIpc) is 2.88. The second-order valence-corrected chi connectivity index (χ2v) is 8.47. The maximum atomic E-state index is 12.4. The van der Waals surface area contributed by atoms with Crippen molar-refractivity contribution >= 4 is 37.3 Å². The molecule has 0 aliphatic carbocycles. The number of thiophene rings is 1. The second-order valence-electron chi connectivity index (χ2n) is 4.70. The largest absolute Gasteiger partial charge is 0.316 e. The zero-order chi connectivity index (χ0) is 15.5. The van der Waals surface area contributed by atoms with Crippen molar-refractivity contribution in [2.75, 3.05) is 7.05 Å². The molecule has 0 bridgehead atoms. The van der Waals surface area contributed by atoms with Gasteiger partial charge in [-0.2, -0.15) is 0 Å². The third-order valence-corrected chi connectivity index (χ3v) is 6.48. The molecule has 0 radical (unpaired) electrons. The van der Waals surface area contributed by atoms with E-state index in [1.54, 1.807) is 6.07 Å². The van der Waals surface area contributed by atoms with Crippen molar-refractivity contribution in [2.24, 2.45) is 0 Å². The van der Waals surface area contributed by atoms with Gasteiger partial charge in [0.1, 0.15) is 4.21 Å². The molecule has 2 N–H and O–H groups in total. The quantitative estimate of drug-likeness (QED) is 0.797. The molecule has 0 aliphatic rings. The van der Waals surface area contributed by atoms with Crippen LogP contribution in [0.2, 0.25) is 0 Å². The van der Waals surface area contributed by atoms with Crippen molar-refractivity contribution in [1.82, 2.24) is 10.0 Å². The van der Waals surface area contributed by atoms with Crippen LogP contribution in [0.15, 0.2) is 44.4 Å². The van der Waals surface area contributed by atoms with E-state index in [1.807, 2.05) is 43.6 Å². The molecular formula is C14H17BrN2O2S2. The van der Waals surface area contributed by atoms with Crippen LogP contribution in [0.3, 0.4) is 0 Å². The molecule has 1 aromatic heterocycles. The Kier molecular flexibility index (Phi) is 5.56. The SMILES string of the molecule is CNCc1csc(S(=O)(=O)NC(C)c2cccc(Br)c2)c1. The van der Waals surface area contributed by atoms with Gasteiger partial charge in [-0.3, -0.25) is 0 Å². The molecule has 1 aromatic carbocycles. The van der Waals surface area contributed by atoms with Crippen LogP contribution in [-0.2, 0) is 16.6 Å². The molecule has 0 saturated heterocycles. The highest BCUT2D eigenvalue weighted by molar-refractivity contribution is 9.10. The van der Waals surface area contributed by atoms with E-state index in [1.165, 1.54) is 11.3 Å². The van der Waals surface area contributed by atoms with Crippen LogP contribution in [0.1, 0.15) is 24.1 Å². The lowest BCUT2D eigenvalue weighted by molar-refractivity contribution is 0.569. The van der Waals surface area contributed by atoms with E-state index in [0.717, 1.165) is 15.6 Å². The standard InChI is InChI=1S/C14H17BrN2O2S2/c1-10(12-4-3-5-13(15)7-12)17-21(18,19)14-6-11(8-16-2)9-20-14/h3-7,9-10,16-17H,8H2,1-2H3. The normalized spacial score (nSPS) is 13.3. The molecule has 0 saturated carbocycles. The molecule has 1 atom stereocenters. The minimum Gasteiger partial charge on any atom is -0.316 e. The average molecular weight is 389 g/mol. The van der Waals surface area contributed by atoms with Crippen molar-refractivity contribution in [1.29, 1.82) is 0 Å². The summed E-state index contributed by atoms with van der Waals surface area (Å²) >= 11 is 4.63. The summed E-state index contributed by atoms with van der Waals surface area (Å²) in [5.41, 5.74) is 1.89. The fourth-order valence-corrected chi connectivity index (χ4v) is 4.80. The van der Waals surface area contributed by atoms with Gasteiger partial charge in [-0.1, -0.05) is 28.1 Å². The second kappa shape index (κ2) is 7.02. The van der Waals surface area contributed by atoms with Gasteiger partial charge in [0.05, 0.1) is 0 Å².